The van der Waals surface area contributed by atoms with Gasteiger partial charge >= 0.3 is 12.1 Å². The monoisotopic (exact) mass is 552 g/mol. The van der Waals surface area contributed by atoms with Crippen LogP contribution in [0.25, 0.3) is 22.2 Å². The first-order chi connectivity index (χ1) is 17.9. The van der Waals surface area contributed by atoms with E-state index >= 15 is 0 Å². The van der Waals surface area contributed by atoms with Gasteiger partial charge in [0.25, 0.3) is 0 Å². The summed E-state index contributed by atoms with van der Waals surface area (Å²) in [5, 5.41) is 1.75. The minimum Gasteiger partial charge on any atom is -0.464 e. The Kier molecular flexibility index (Phi) is 6.97. The highest BCUT2D eigenvalue weighted by molar-refractivity contribution is 7.10. The maximum absolute atomic E-state index is 15.0. The molecule has 1 atom stereocenters. The van der Waals surface area contributed by atoms with Gasteiger partial charge in [0.1, 0.15) is 11.7 Å². The smallest absolute Gasteiger partial charge is 0.393 e. The van der Waals surface area contributed by atoms with Crippen LogP contribution in [0.5, 0.6) is 0 Å². The van der Waals surface area contributed by atoms with Crippen LogP contribution in [0.4, 0.5) is 17.6 Å². The number of halogens is 4. The van der Waals surface area contributed by atoms with E-state index in [1.165, 1.54) is 11.2 Å². The number of cyclic esters (lactones) is 1. The number of nitrogens with zero attached hydrogens (tertiary/aromatic N) is 3. The maximum atomic E-state index is 15.0. The van der Waals surface area contributed by atoms with Crippen molar-refractivity contribution in [3.8, 4) is 11.3 Å². The van der Waals surface area contributed by atoms with Gasteiger partial charge in [-0.3, -0.25) is 14.6 Å². The normalized spacial score (nSPS) is 20.9. The van der Waals surface area contributed by atoms with Crippen LogP contribution in [-0.4, -0.2) is 51.8 Å². The molecule has 12 heteroatoms. The number of fused-ring (bicyclic) bond motifs is 6. The van der Waals surface area contributed by atoms with Crippen molar-refractivity contribution in [3.05, 3.63) is 40.1 Å². The Morgan fingerprint density at radius 1 is 1.24 bits per heavy atom. The summed E-state index contributed by atoms with van der Waals surface area (Å²) in [7, 11) is 0. The lowest BCUT2D eigenvalue weighted by Crippen LogP contribution is -2.55. The molecular weight excluding hydrogens is 524 g/mol. The average Bonchev–Trinajstić information content (AvgIpc) is 3.38. The molecule has 1 aromatic carbocycles. The van der Waals surface area contributed by atoms with Crippen LogP contribution in [-0.2, 0) is 33.7 Å². The predicted octanol–water partition coefficient (Wildman–Crippen LogP) is 5.02. The van der Waals surface area contributed by atoms with Crippen LogP contribution in [0.3, 0.4) is 0 Å². The molecule has 3 aromatic rings. The Hall–Kier alpha value is -2.99. The molecule has 0 aliphatic carbocycles. The number of hydrogen-bond donors (Lipinski definition) is 1. The lowest BCUT2D eigenvalue weighted by molar-refractivity contribution is -0.154. The van der Waals surface area contributed by atoms with Gasteiger partial charge in [-0.15, -0.1) is 0 Å². The second kappa shape index (κ2) is 9.96. The van der Waals surface area contributed by atoms with Gasteiger partial charge in [-0.05, 0) is 24.5 Å². The van der Waals surface area contributed by atoms with Crippen molar-refractivity contribution in [1.82, 2.24) is 20.0 Å². The molecule has 1 saturated heterocycles. The molecule has 0 saturated carbocycles. The molecule has 2 aliphatic heterocycles. The van der Waals surface area contributed by atoms with E-state index < -0.39 is 35.2 Å². The quantitative estimate of drug-likeness (QED) is 0.339. The van der Waals surface area contributed by atoms with Crippen LogP contribution in [0.2, 0.25) is 0 Å². The Labute approximate surface area is 220 Å². The molecule has 6 bridgehead atoms. The number of aryl methyl sites for hydroxylation is 1. The number of hydrazine groups is 1. The number of thiazole rings is 1. The molecular formula is C26H28F4N4O3S. The van der Waals surface area contributed by atoms with Gasteiger partial charge < -0.3 is 9.30 Å². The standard InChI is InChI=1S/C26H28F4N4O3S/c1-25(2)13-33-12-16(11-26(28,29)30)17-6-5-15(10-19(17)33)22-23(27)38-20(31-22)7-8-21(35)34-9-3-4-18(32-34)24(36)37-14-25/h5-6,10,12,18,32H,3-4,7-9,11,13-14H2,1-2H3. The van der Waals surface area contributed by atoms with E-state index in [1.807, 2.05) is 13.8 Å². The molecule has 0 radical (unpaired) electrons. The number of alkyl halides is 3. The summed E-state index contributed by atoms with van der Waals surface area (Å²) >= 11 is 0.847. The van der Waals surface area contributed by atoms with Crippen molar-refractivity contribution >= 4 is 34.1 Å². The number of carbonyl (C=O) groups is 2. The van der Waals surface area contributed by atoms with Crippen molar-refractivity contribution in [2.75, 3.05) is 13.2 Å². The molecule has 2 aromatic heterocycles. The Bertz CT molecular complexity index is 1380. The lowest BCUT2D eigenvalue weighted by atomic mass is 9.94. The molecule has 38 heavy (non-hydrogen) atoms. The fourth-order valence-electron chi connectivity index (χ4n) is 4.99. The average molecular weight is 553 g/mol. The number of benzene rings is 1. The van der Waals surface area contributed by atoms with Crippen molar-refractivity contribution in [2.24, 2.45) is 5.41 Å². The van der Waals surface area contributed by atoms with Gasteiger partial charge in [-0.25, -0.2) is 10.4 Å². The van der Waals surface area contributed by atoms with Gasteiger partial charge in [0, 0.05) is 54.0 Å². The Morgan fingerprint density at radius 3 is 2.79 bits per heavy atom. The van der Waals surface area contributed by atoms with Gasteiger partial charge in [-0.1, -0.05) is 37.3 Å². The number of aromatic nitrogens is 2. The minimum atomic E-state index is -4.40. The first kappa shape index (κ1) is 26.6. The number of ether oxygens (including phenoxy) is 1. The van der Waals surface area contributed by atoms with Crippen LogP contribution >= 0.6 is 11.3 Å². The Balaban J connectivity index is 1.57. The maximum Gasteiger partial charge on any atom is 0.393 e. The third-order valence-corrected chi connectivity index (χ3v) is 7.69. The zero-order valence-electron chi connectivity index (χ0n) is 21.0. The van der Waals surface area contributed by atoms with E-state index in [0.29, 0.717) is 40.9 Å². The first-order valence-corrected chi connectivity index (χ1v) is 13.3. The van der Waals surface area contributed by atoms with Gasteiger partial charge in [-0.2, -0.15) is 17.6 Å². The molecule has 1 amide bonds. The molecule has 1 fully saturated rings. The predicted molar refractivity (Wildman–Crippen MR) is 134 cm³/mol. The SMILES string of the molecule is CC1(C)COC(=O)C2CCCN(N2)C(=O)CCc2nc(c(F)s2)-c2ccc3c(CC(F)(F)F)cn(c3c2)C1. The highest BCUT2D eigenvalue weighted by Crippen LogP contribution is 2.35. The first-order valence-electron chi connectivity index (χ1n) is 12.5. The highest BCUT2D eigenvalue weighted by Gasteiger charge is 2.33. The summed E-state index contributed by atoms with van der Waals surface area (Å²) < 4.78 is 62.3. The second-order valence-corrected chi connectivity index (χ2v) is 11.7. The molecule has 7 nitrogen and oxygen atoms in total. The summed E-state index contributed by atoms with van der Waals surface area (Å²) in [6.07, 6.45) is -2.60. The zero-order chi connectivity index (χ0) is 27.2. The summed E-state index contributed by atoms with van der Waals surface area (Å²) in [6, 6.07) is 4.10. The van der Waals surface area contributed by atoms with Crippen molar-refractivity contribution < 1.29 is 31.9 Å². The minimum absolute atomic E-state index is 0.0238. The molecule has 1 unspecified atom stereocenters. The van der Waals surface area contributed by atoms with Crippen LogP contribution in [0.1, 0.15) is 43.7 Å². The van der Waals surface area contributed by atoms with Gasteiger partial charge in [0.05, 0.1) is 18.0 Å². The lowest BCUT2D eigenvalue weighted by Gasteiger charge is -2.33. The van der Waals surface area contributed by atoms with E-state index in [1.54, 1.807) is 22.8 Å². The van der Waals surface area contributed by atoms with E-state index in [-0.39, 0.29) is 43.2 Å². The van der Waals surface area contributed by atoms with Crippen LogP contribution in [0, 0.1) is 10.5 Å². The number of hydrogen-bond acceptors (Lipinski definition) is 6. The zero-order valence-corrected chi connectivity index (χ0v) is 21.8. The number of esters is 1. The largest absolute Gasteiger partial charge is 0.464 e. The van der Waals surface area contributed by atoms with E-state index in [0.717, 1.165) is 11.3 Å². The molecule has 0 spiro atoms. The number of nitrogens with one attached hydrogen (secondary N) is 1. The number of carbonyl (C=O) groups excluding carboxylic acids is 2. The third kappa shape index (κ3) is 5.70. The summed E-state index contributed by atoms with van der Waals surface area (Å²) in [4.78, 5) is 30.0. The fourth-order valence-corrected chi connectivity index (χ4v) is 5.80. The summed E-state index contributed by atoms with van der Waals surface area (Å²) in [6.45, 7) is 4.44. The van der Waals surface area contributed by atoms with E-state index in [9.17, 15) is 27.2 Å². The molecule has 2 aliphatic rings. The van der Waals surface area contributed by atoms with Gasteiger partial charge in [0.2, 0.25) is 11.0 Å². The topological polar surface area (TPSA) is 76.5 Å². The molecule has 5 rings (SSSR count). The molecule has 1 N–H and O–H groups in total. The molecule has 204 valence electrons. The van der Waals surface area contributed by atoms with Crippen molar-refractivity contribution in [2.45, 2.75) is 64.7 Å². The fraction of sp³-hybridized carbons (Fsp3) is 0.500. The highest BCUT2D eigenvalue weighted by atomic mass is 32.1. The third-order valence-electron chi connectivity index (χ3n) is 6.79. The second-order valence-electron chi connectivity index (χ2n) is 10.7. The summed E-state index contributed by atoms with van der Waals surface area (Å²) in [5.74, 6) is -0.710. The molecule has 4 heterocycles. The van der Waals surface area contributed by atoms with Crippen LogP contribution < -0.4 is 5.43 Å². The number of amides is 1. The Morgan fingerprint density at radius 2 is 2.03 bits per heavy atom. The van der Waals surface area contributed by atoms with E-state index in [2.05, 4.69) is 10.4 Å². The van der Waals surface area contributed by atoms with Gasteiger partial charge in [0.15, 0.2) is 0 Å². The number of rotatable bonds is 1. The van der Waals surface area contributed by atoms with Crippen molar-refractivity contribution in [3.63, 3.8) is 0 Å². The van der Waals surface area contributed by atoms with E-state index in [4.69, 9.17) is 4.74 Å². The summed E-state index contributed by atoms with van der Waals surface area (Å²) in [5.41, 5.74) is 3.48. The van der Waals surface area contributed by atoms with Crippen LogP contribution in [0.15, 0.2) is 24.4 Å². The van der Waals surface area contributed by atoms with Crippen molar-refractivity contribution in [1.29, 1.82) is 0 Å².